The van der Waals surface area contributed by atoms with E-state index in [1.807, 2.05) is 6.07 Å². The van der Waals surface area contributed by atoms with Crippen molar-refractivity contribution in [3.05, 3.63) is 30.9 Å². The van der Waals surface area contributed by atoms with E-state index in [1.165, 1.54) is 0 Å². The number of hydrogen-bond donors (Lipinski definition) is 1. The molecule has 0 aliphatic carbocycles. The fourth-order valence-corrected chi connectivity index (χ4v) is 3.37. The second kappa shape index (κ2) is 8.37. The van der Waals surface area contributed by atoms with Gasteiger partial charge in [0.1, 0.15) is 0 Å². The van der Waals surface area contributed by atoms with Crippen molar-refractivity contribution in [2.45, 2.75) is 0 Å². The Labute approximate surface area is 155 Å². The summed E-state index contributed by atoms with van der Waals surface area (Å²) in [6, 6.07) is 5.27. The molecule has 0 aliphatic rings. The molecule has 1 aromatic rings. The van der Waals surface area contributed by atoms with E-state index in [2.05, 4.69) is 50.5 Å². The fourth-order valence-electron chi connectivity index (χ4n) is 1.08. The topological polar surface area (TPSA) is 86.3 Å². The Morgan fingerprint density at radius 1 is 1.22 bits per heavy atom. The van der Waals surface area contributed by atoms with Crippen LogP contribution >= 0.6 is 45.2 Å². The van der Waals surface area contributed by atoms with Crippen LogP contribution in [0.15, 0.2) is 18.2 Å². The minimum Gasteiger partial charge on any atom is -0.748 e. The van der Waals surface area contributed by atoms with Gasteiger partial charge in [-0.3, -0.25) is 4.79 Å². The maximum absolute atomic E-state index is 11.6. The van der Waals surface area contributed by atoms with Crippen LogP contribution in [0.4, 0.5) is 0 Å². The normalized spacial score (nSPS) is 10.6. The number of benzene rings is 1. The van der Waals surface area contributed by atoms with E-state index < -0.39 is 15.9 Å². The summed E-state index contributed by atoms with van der Waals surface area (Å²) in [4.78, 5) is 11.6. The number of rotatable bonds is 4. The van der Waals surface area contributed by atoms with Gasteiger partial charge in [-0.2, -0.15) is 0 Å². The summed E-state index contributed by atoms with van der Waals surface area (Å²) in [6.07, 6.45) is 0. The Bertz CT molecular complexity index is 515. The summed E-state index contributed by atoms with van der Waals surface area (Å²) in [5.74, 6) is -0.982. The Morgan fingerprint density at radius 2 is 1.72 bits per heavy atom. The van der Waals surface area contributed by atoms with E-state index >= 15 is 0 Å². The molecule has 18 heavy (non-hydrogen) atoms. The predicted octanol–water partition coefficient (Wildman–Crippen LogP) is -1.83. The molecule has 0 bridgehead atoms. The minimum atomic E-state index is -4.29. The molecule has 0 saturated carbocycles. The number of nitrogens with one attached hydrogen (secondary N) is 1. The van der Waals surface area contributed by atoms with Crippen LogP contribution in [0.2, 0.25) is 0 Å². The molecule has 1 rings (SSSR count). The quantitative estimate of drug-likeness (QED) is 0.298. The summed E-state index contributed by atoms with van der Waals surface area (Å²) >= 11 is 4.17. The van der Waals surface area contributed by atoms with Crippen molar-refractivity contribution in [1.29, 1.82) is 0 Å². The van der Waals surface area contributed by atoms with Gasteiger partial charge in [-0.1, -0.05) is 0 Å². The van der Waals surface area contributed by atoms with Crippen LogP contribution in [0.5, 0.6) is 0 Å². The molecule has 1 amide bonds. The van der Waals surface area contributed by atoms with Crippen LogP contribution in [-0.2, 0) is 10.1 Å². The SMILES string of the molecule is O=C(NCCS(=O)(=O)[O-])c1cc(I)cc(I)c1.[Na+]. The Kier molecular flexibility index (Phi) is 8.86. The molecule has 0 radical (unpaired) electrons. The van der Waals surface area contributed by atoms with Gasteiger partial charge in [0.05, 0.1) is 15.9 Å². The van der Waals surface area contributed by atoms with E-state index in [4.69, 9.17) is 0 Å². The first-order valence-corrected chi connectivity index (χ1v) is 8.19. The maximum Gasteiger partial charge on any atom is 1.00 e. The van der Waals surface area contributed by atoms with Crippen LogP contribution in [0.3, 0.4) is 0 Å². The number of hydrogen-bond acceptors (Lipinski definition) is 4. The zero-order valence-corrected chi connectivity index (χ0v) is 16.6. The molecule has 0 saturated heterocycles. The zero-order valence-electron chi connectivity index (χ0n) is 9.44. The average Bonchev–Trinajstić information content (AvgIpc) is 2.13. The fraction of sp³-hybridized carbons (Fsp3) is 0.222. The number of carbonyl (C=O) groups is 1. The third-order valence-electron chi connectivity index (χ3n) is 1.76. The van der Waals surface area contributed by atoms with E-state index in [1.54, 1.807) is 12.1 Å². The van der Waals surface area contributed by atoms with Crippen molar-refractivity contribution in [3.8, 4) is 0 Å². The second-order valence-electron chi connectivity index (χ2n) is 3.18. The van der Waals surface area contributed by atoms with Crippen molar-refractivity contribution in [3.63, 3.8) is 0 Å². The first-order valence-electron chi connectivity index (χ1n) is 4.46. The molecule has 0 aliphatic heterocycles. The number of carbonyl (C=O) groups excluding carboxylic acids is 1. The van der Waals surface area contributed by atoms with Gasteiger partial charge in [0, 0.05) is 19.2 Å². The monoisotopic (exact) mass is 503 g/mol. The molecule has 0 unspecified atom stereocenters. The molecular formula is C9H8I2NNaO4S. The summed E-state index contributed by atoms with van der Waals surface area (Å²) in [5, 5.41) is 2.39. The molecule has 0 atom stereocenters. The minimum absolute atomic E-state index is 0. The van der Waals surface area contributed by atoms with Crippen molar-refractivity contribution >= 4 is 61.2 Å². The second-order valence-corrected chi connectivity index (χ2v) is 7.19. The Morgan fingerprint density at radius 3 is 2.17 bits per heavy atom. The van der Waals surface area contributed by atoms with Gasteiger partial charge >= 0.3 is 29.6 Å². The largest absolute Gasteiger partial charge is 1.00 e. The first-order chi connectivity index (χ1) is 7.78. The summed E-state index contributed by atoms with van der Waals surface area (Å²) in [5.41, 5.74) is 0.449. The summed E-state index contributed by atoms with van der Waals surface area (Å²) in [6.45, 7) is -0.174. The molecule has 0 aromatic heterocycles. The Balaban J connectivity index is 0.00000289. The maximum atomic E-state index is 11.6. The van der Waals surface area contributed by atoms with Crippen molar-refractivity contribution in [1.82, 2.24) is 5.32 Å². The van der Waals surface area contributed by atoms with Crippen LogP contribution in [-0.4, -0.2) is 31.2 Å². The third-order valence-corrected chi connectivity index (χ3v) is 3.71. The van der Waals surface area contributed by atoms with Crippen molar-refractivity contribution < 1.29 is 47.3 Å². The van der Waals surface area contributed by atoms with Gasteiger partial charge < -0.3 is 9.87 Å². The Hall–Kier alpha value is 1.06. The number of amides is 1. The summed E-state index contributed by atoms with van der Waals surface area (Å²) < 4.78 is 32.9. The first kappa shape index (κ1) is 19.1. The predicted molar refractivity (Wildman–Crippen MR) is 78.8 cm³/mol. The van der Waals surface area contributed by atoms with Gasteiger partial charge in [-0.25, -0.2) is 8.42 Å². The van der Waals surface area contributed by atoms with Crippen molar-refractivity contribution in [2.24, 2.45) is 0 Å². The zero-order chi connectivity index (χ0) is 13.1. The van der Waals surface area contributed by atoms with E-state index in [-0.39, 0.29) is 42.0 Å². The molecule has 9 heteroatoms. The molecule has 0 spiro atoms. The van der Waals surface area contributed by atoms with Crippen LogP contribution in [0.1, 0.15) is 10.4 Å². The van der Waals surface area contributed by atoms with E-state index in [0.29, 0.717) is 5.56 Å². The number of halogens is 2. The van der Waals surface area contributed by atoms with Gasteiger partial charge in [0.25, 0.3) is 5.91 Å². The third kappa shape index (κ3) is 7.60. The average molecular weight is 503 g/mol. The summed E-state index contributed by atoms with van der Waals surface area (Å²) in [7, 11) is -4.29. The van der Waals surface area contributed by atoms with Crippen molar-refractivity contribution in [2.75, 3.05) is 12.3 Å². The standard InChI is InChI=1S/C9H9I2NO4S.Na/c10-7-3-6(4-8(11)5-7)9(13)12-1-2-17(14,15)16;/h3-5H,1-2H2,(H,12,13)(H,14,15,16);/q;+1/p-1. The van der Waals surface area contributed by atoms with Crippen LogP contribution < -0.4 is 34.9 Å². The molecule has 0 heterocycles. The molecule has 0 fully saturated rings. The molecule has 94 valence electrons. The smallest absolute Gasteiger partial charge is 0.748 e. The van der Waals surface area contributed by atoms with Gasteiger partial charge in [-0.15, -0.1) is 0 Å². The van der Waals surface area contributed by atoms with E-state index in [9.17, 15) is 17.8 Å². The molecule has 1 aromatic carbocycles. The van der Waals surface area contributed by atoms with E-state index in [0.717, 1.165) is 7.14 Å². The van der Waals surface area contributed by atoms with Gasteiger partial charge in [-0.05, 0) is 63.4 Å². The van der Waals surface area contributed by atoms with Crippen LogP contribution in [0, 0.1) is 7.14 Å². The van der Waals surface area contributed by atoms with Gasteiger partial charge in [0.2, 0.25) is 0 Å². The van der Waals surface area contributed by atoms with Gasteiger partial charge in [0.15, 0.2) is 0 Å². The molecule has 1 N–H and O–H groups in total. The molecule has 5 nitrogen and oxygen atoms in total. The van der Waals surface area contributed by atoms with Crippen LogP contribution in [0.25, 0.3) is 0 Å². The molecular weight excluding hydrogens is 495 g/mol.